The number of aryl methyl sites for hydroxylation is 2. The Bertz CT molecular complexity index is 2820. The van der Waals surface area contributed by atoms with Gasteiger partial charge >= 0.3 is 6.85 Å². The smallest absolute Gasteiger partial charge is 0.333 e. The highest BCUT2D eigenvalue weighted by atomic mass is 15.1. The Morgan fingerprint density at radius 2 is 1.15 bits per heavy atom. The third-order valence-electron chi connectivity index (χ3n) is 10.8. The van der Waals surface area contributed by atoms with Crippen molar-refractivity contribution < 1.29 is 0 Å². The molecule has 0 fully saturated rings. The summed E-state index contributed by atoms with van der Waals surface area (Å²) < 4.78 is 5.05. The van der Waals surface area contributed by atoms with Gasteiger partial charge in [0.05, 0.1) is 22.1 Å². The summed E-state index contributed by atoms with van der Waals surface area (Å²) in [5.74, 6) is 0. The van der Waals surface area contributed by atoms with Gasteiger partial charge < -0.3 is 13.9 Å². The Balaban J connectivity index is 1.39. The van der Waals surface area contributed by atoms with Crippen LogP contribution < -0.4 is 15.7 Å². The molecule has 2 aliphatic heterocycles. The first-order valence-corrected chi connectivity index (χ1v) is 16.8. The van der Waals surface area contributed by atoms with E-state index in [0.717, 1.165) is 0 Å². The van der Waals surface area contributed by atoms with Crippen molar-refractivity contribution in [1.29, 1.82) is 0 Å². The molecule has 0 amide bonds. The number of nitrogens with zero attached hydrogens (tertiary/aromatic N) is 3. The number of rotatable bonds is 2. The highest BCUT2D eigenvalue weighted by Crippen LogP contribution is 2.49. The fourth-order valence-electron chi connectivity index (χ4n) is 9.00. The number of aromatic nitrogens is 2. The second-order valence-electron chi connectivity index (χ2n) is 13.4. The van der Waals surface area contributed by atoms with Crippen molar-refractivity contribution in [3.63, 3.8) is 0 Å². The molecule has 48 heavy (non-hydrogen) atoms. The average Bonchev–Trinajstić information content (AvgIpc) is 3.65. The largest absolute Gasteiger partial charge is 0.376 e. The van der Waals surface area contributed by atoms with Crippen molar-refractivity contribution in [2.75, 3.05) is 4.81 Å². The molecule has 9 aromatic rings. The summed E-state index contributed by atoms with van der Waals surface area (Å²) in [6, 6.07) is 54.1. The monoisotopic (exact) mass is 611 g/mol. The maximum absolute atomic E-state index is 2.65. The first-order valence-electron chi connectivity index (χ1n) is 16.8. The van der Waals surface area contributed by atoms with Crippen LogP contribution in [-0.2, 0) is 0 Å². The second-order valence-corrected chi connectivity index (χ2v) is 13.4. The van der Waals surface area contributed by atoms with E-state index in [9.17, 15) is 0 Å². The van der Waals surface area contributed by atoms with Crippen LogP contribution in [0.25, 0.3) is 66.1 Å². The molecule has 0 aliphatic carbocycles. The van der Waals surface area contributed by atoms with E-state index in [-0.39, 0.29) is 6.85 Å². The third-order valence-corrected chi connectivity index (χ3v) is 10.8. The predicted octanol–water partition coefficient (Wildman–Crippen LogP) is 9.74. The van der Waals surface area contributed by atoms with Gasteiger partial charge in [-0.15, -0.1) is 0 Å². The summed E-state index contributed by atoms with van der Waals surface area (Å²) in [5.41, 5.74) is 17.9. The molecule has 0 bridgehead atoms. The molecule has 0 atom stereocenters. The van der Waals surface area contributed by atoms with E-state index in [1.54, 1.807) is 0 Å². The maximum Gasteiger partial charge on any atom is 0.333 e. The summed E-state index contributed by atoms with van der Waals surface area (Å²) >= 11 is 0. The molecule has 4 heteroatoms. The maximum atomic E-state index is 2.65. The van der Waals surface area contributed by atoms with E-state index in [1.165, 1.54) is 99.5 Å². The Morgan fingerprint density at radius 3 is 1.94 bits per heavy atom. The molecule has 0 spiro atoms. The second kappa shape index (κ2) is 9.30. The van der Waals surface area contributed by atoms with Crippen molar-refractivity contribution in [1.82, 2.24) is 9.13 Å². The van der Waals surface area contributed by atoms with E-state index < -0.39 is 0 Å². The average molecular weight is 612 g/mol. The van der Waals surface area contributed by atoms with E-state index in [1.807, 2.05) is 0 Å². The molecule has 0 saturated heterocycles. The molecule has 2 aromatic heterocycles. The van der Waals surface area contributed by atoms with Crippen LogP contribution in [0.3, 0.4) is 0 Å². The van der Waals surface area contributed by atoms with E-state index >= 15 is 0 Å². The SMILES string of the molecule is Cc1cc2c3c(c1)-n1c4ccccc4c4cccc(c41)B3N(c1ccccc1C)c1ccc3c4ccccc4n(-c4ccccc4)c3c1-2. The van der Waals surface area contributed by atoms with Gasteiger partial charge in [-0.05, 0) is 83.9 Å². The highest BCUT2D eigenvalue weighted by molar-refractivity contribution is 6.93. The molecule has 0 N–H and O–H groups in total. The van der Waals surface area contributed by atoms with Crippen molar-refractivity contribution in [3.8, 4) is 22.5 Å². The predicted molar refractivity (Wildman–Crippen MR) is 204 cm³/mol. The Morgan fingerprint density at radius 1 is 0.479 bits per heavy atom. The first-order chi connectivity index (χ1) is 23.7. The summed E-state index contributed by atoms with van der Waals surface area (Å²) in [6.07, 6.45) is 0. The number of hydrogen-bond acceptors (Lipinski definition) is 1. The number of benzene rings is 7. The van der Waals surface area contributed by atoms with Gasteiger partial charge in [-0.3, -0.25) is 0 Å². The van der Waals surface area contributed by atoms with Gasteiger partial charge in [-0.1, -0.05) is 103 Å². The van der Waals surface area contributed by atoms with Crippen molar-refractivity contribution in [2.45, 2.75) is 13.8 Å². The molecular formula is C44H30BN3. The van der Waals surface area contributed by atoms with Gasteiger partial charge in [0.2, 0.25) is 0 Å². The Kier molecular flexibility index (Phi) is 5.06. The Labute approximate surface area is 279 Å². The molecule has 4 heterocycles. The molecule has 3 nitrogen and oxygen atoms in total. The number of para-hydroxylation sites is 5. The topological polar surface area (TPSA) is 13.1 Å². The van der Waals surface area contributed by atoms with Crippen LogP contribution in [0.5, 0.6) is 0 Å². The van der Waals surface area contributed by atoms with Gasteiger partial charge in [-0.2, -0.15) is 0 Å². The lowest BCUT2D eigenvalue weighted by molar-refractivity contribution is 1.16. The summed E-state index contributed by atoms with van der Waals surface area (Å²) in [5, 5.41) is 5.16. The molecule has 2 aliphatic rings. The molecule has 7 aromatic carbocycles. The molecule has 0 radical (unpaired) electrons. The van der Waals surface area contributed by atoms with Crippen LogP contribution in [0.2, 0.25) is 0 Å². The zero-order valence-corrected chi connectivity index (χ0v) is 26.8. The molecular weight excluding hydrogens is 581 g/mol. The van der Waals surface area contributed by atoms with Crippen LogP contribution in [0.15, 0.2) is 146 Å². The van der Waals surface area contributed by atoms with Gasteiger partial charge in [0.25, 0.3) is 0 Å². The lowest BCUT2D eigenvalue weighted by Crippen LogP contribution is -2.60. The lowest BCUT2D eigenvalue weighted by atomic mass is 9.43. The number of fused-ring (bicyclic) bond motifs is 11. The summed E-state index contributed by atoms with van der Waals surface area (Å²) in [4.78, 5) is 2.65. The van der Waals surface area contributed by atoms with Crippen LogP contribution in [-0.4, -0.2) is 16.0 Å². The number of anilines is 2. The normalized spacial score (nSPS) is 13.1. The fraction of sp³-hybridized carbons (Fsp3) is 0.0455. The van der Waals surface area contributed by atoms with Crippen LogP contribution in [0.1, 0.15) is 11.1 Å². The van der Waals surface area contributed by atoms with E-state index in [2.05, 4.69) is 173 Å². The zero-order valence-electron chi connectivity index (χ0n) is 26.8. The van der Waals surface area contributed by atoms with Gasteiger partial charge in [0.15, 0.2) is 0 Å². The minimum Gasteiger partial charge on any atom is -0.376 e. The highest BCUT2D eigenvalue weighted by Gasteiger charge is 2.45. The van der Waals surface area contributed by atoms with Crippen LogP contribution >= 0.6 is 0 Å². The number of hydrogen-bond donors (Lipinski definition) is 0. The molecule has 11 rings (SSSR count). The van der Waals surface area contributed by atoms with Gasteiger partial charge in [0.1, 0.15) is 0 Å². The standard InChI is InChI=1S/C44H30BN3/c1-27-25-34-41-39(24-23-33-31-17-7-10-21-37(31)46(44(33)41)29-14-4-3-5-15-29)48(36-20-9-6-13-28(36)2)45-35-19-12-18-32-30-16-8-11-22-38(30)47(43(32)35)40(26-27)42(34)45/h3-26H,1-2H3. The van der Waals surface area contributed by atoms with Crippen molar-refractivity contribution in [2.24, 2.45) is 0 Å². The minimum absolute atomic E-state index is 0.0108. The van der Waals surface area contributed by atoms with Crippen molar-refractivity contribution >= 4 is 72.8 Å². The molecule has 224 valence electrons. The quantitative estimate of drug-likeness (QED) is 0.178. The molecule has 0 saturated carbocycles. The Hall–Kier alpha value is -6.00. The lowest BCUT2D eigenvalue weighted by Gasteiger charge is -2.43. The van der Waals surface area contributed by atoms with Crippen LogP contribution in [0, 0.1) is 13.8 Å². The van der Waals surface area contributed by atoms with E-state index in [0.29, 0.717) is 0 Å². The van der Waals surface area contributed by atoms with Gasteiger partial charge in [-0.25, -0.2) is 0 Å². The van der Waals surface area contributed by atoms with E-state index in [4.69, 9.17) is 0 Å². The van der Waals surface area contributed by atoms with Gasteiger partial charge in [0, 0.05) is 49.9 Å². The fourth-order valence-corrected chi connectivity index (χ4v) is 9.00. The summed E-state index contributed by atoms with van der Waals surface area (Å²) in [6.45, 7) is 4.52. The van der Waals surface area contributed by atoms with Crippen LogP contribution in [0.4, 0.5) is 11.4 Å². The van der Waals surface area contributed by atoms with Crippen molar-refractivity contribution in [3.05, 3.63) is 157 Å². The minimum atomic E-state index is 0.0108. The first kappa shape index (κ1) is 26.1. The third kappa shape index (κ3) is 3.20. The zero-order chi connectivity index (χ0) is 31.7. The molecule has 0 unspecified atom stereocenters. The summed E-state index contributed by atoms with van der Waals surface area (Å²) in [7, 11) is 0.